The van der Waals surface area contributed by atoms with Gasteiger partial charge in [0, 0.05) is 6.04 Å². The molecule has 0 amide bonds. The number of nitrogens with one attached hydrogen (secondary N) is 1. The first-order valence-electron chi connectivity index (χ1n) is 12.4. The summed E-state index contributed by atoms with van der Waals surface area (Å²) in [5.41, 5.74) is 12.0. The van der Waals surface area contributed by atoms with Gasteiger partial charge in [-0.1, -0.05) is 0 Å². The highest BCUT2D eigenvalue weighted by Crippen LogP contribution is 2.50. The largest absolute Gasteiger partial charge is 0.472 e. The first kappa shape index (κ1) is 26.7. The minimum atomic E-state index is -4.74. The predicted octanol–water partition coefficient (Wildman–Crippen LogP) is -0.782. The molecule has 0 spiro atoms. The summed E-state index contributed by atoms with van der Waals surface area (Å²) in [7, 11) is -4.74. The van der Waals surface area contributed by atoms with Crippen molar-refractivity contribution in [2.45, 2.75) is 49.8 Å². The summed E-state index contributed by atoms with van der Waals surface area (Å²) in [6.07, 6.45) is 0.871. The summed E-state index contributed by atoms with van der Waals surface area (Å²) in [6, 6.07) is 0.0317. The molecule has 5 heterocycles. The predicted molar refractivity (Wildman–Crippen MR) is 136 cm³/mol. The highest BCUT2D eigenvalue weighted by molar-refractivity contribution is 7.47. The lowest BCUT2D eigenvalue weighted by molar-refractivity contribution is -0.0515. The van der Waals surface area contributed by atoms with Crippen molar-refractivity contribution in [1.29, 1.82) is 0 Å². The summed E-state index contributed by atoms with van der Waals surface area (Å²) in [5, 5.41) is 20.4. The second-order valence-electron chi connectivity index (χ2n) is 9.76. The van der Waals surface area contributed by atoms with Gasteiger partial charge < -0.3 is 35.9 Å². The quantitative estimate of drug-likeness (QED) is 0.140. The number of aromatic nitrogens is 8. The Balaban J connectivity index is 1.15. The van der Waals surface area contributed by atoms with Crippen LogP contribution in [0.15, 0.2) is 23.8 Å². The van der Waals surface area contributed by atoms with Gasteiger partial charge in [-0.05, 0) is 25.2 Å². The molecule has 1 aliphatic heterocycles. The molecule has 6 rings (SSSR count). The lowest BCUT2D eigenvalue weighted by atomic mass is 10.1. The number of aliphatic hydroxyl groups excluding tert-OH is 2. The molecule has 0 aromatic carbocycles. The first-order chi connectivity index (χ1) is 19.1. The van der Waals surface area contributed by atoms with Gasteiger partial charge in [0.05, 0.1) is 25.9 Å². The maximum atomic E-state index is 13.0. The highest BCUT2D eigenvalue weighted by Gasteiger charge is 2.49. The molecular weight excluding hydrogens is 551 g/mol. The number of H-pyrrole nitrogens is 1. The summed E-state index contributed by atoms with van der Waals surface area (Å²) in [4.78, 5) is 45.6. The number of fused-ring (bicyclic) bond motifs is 2. The standard InChI is InChI=1S/C21H27N10O8P/c22-16-12-17(25-6-24-16)30(7-26-12)10-2-1-9(3-10)5-37-40(35,36)39-15-14(33)11(4-32)38-20(15)31-8-27-13-18(31)28-21(23)29-19(13)34/h6-11,14-15,20,32-33H,1-5H2,(H,35,36)(H2,22,24,25)(H3,23,28,29,34)/t9-,10+,11-,14-,15-,20-/m1/s1. The third-order valence-corrected chi connectivity index (χ3v) is 8.23. The van der Waals surface area contributed by atoms with Gasteiger partial charge in [-0.25, -0.2) is 24.5 Å². The molecule has 0 radical (unpaired) electrons. The van der Waals surface area contributed by atoms with E-state index in [0.29, 0.717) is 24.0 Å². The molecule has 1 unspecified atom stereocenters. The van der Waals surface area contributed by atoms with Crippen molar-refractivity contribution in [1.82, 2.24) is 39.0 Å². The Morgan fingerprint density at radius 3 is 2.70 bits per heavy atom. The van der Waals surface area contributed by atoms with Gasteiger partial charge in [0.15, 0.2) is 28.9 Å². The van der Waals surface area contributed by atoms with E-state index >= 15 is 0 Å². The number of phosphoric acid groups is 1. The topological polar surface area (TPSA) is 265 Å². The number of hydrogen-bond donors (Lipinski definition) is 6. The highest BCUT2D eigenvalue weighted by atomic mass is 31.2. The van der Waals surface area contributed by atoms with Crippen LogP contribution in [0.5, 0.6) is 0 Å². The number of aliphatic hydroxyl groups is 2. The van der Waals surface area contributed by atoms with Gasteiger partial charge in [0.25, 0.3) is 5.56 Å². The monoisotopic (exact) mass is 578 g/mol. The maximum Gasteiger partial charge on any atom is 0.472 e. The van der Waals surface area contributed by atoms with Crippen LogP contribution in [0.25, 0.3) is 22.3 Å². The SMILES string of the molecule is Nc1nc2c(ncn2[C@@H]2O[C@H](CO)[C@@H](O)[C@H]2OP(=O)(O)OC[C@@H]2CC[C@H](n3cnc4c(N)ncnc43)C2)c(=O)[nH]1. The maximum absolute atomic E-state index is 13.0. The van der Waals surface area contributed by atoms with Crippen LogP contribution in [0, 0.1) is 5.92 Å². The molecule has 8 N–H and O–H groups in total. The molecule has 18 nitrogen and oxygen atoms in total. The molecule has 214 valence electrons. The second kappa shape index (κ2) is 10.2. The van der Waals surface area contributed by atoms with Crippen molar-refractivity contribution >= 4 is 41.9 Å². The fourth-order valence-corrected chi connectivity index (χ4v) is 6.31. The second-order valence-corrected chi connectivity index (χ2v) is 11.2. The Kier molecular flexibility index (Phi) is 6.78. The molecule has 1 saturated carbocycles. The number of phosphoric ester groups is 1. The average Bonchev–Trinajstić information content (AvgIpc) is 3.69. The van der Waals surface area contributed by atoms with Gasteiger partial charge in [0.1, 0.15) is 30.2 Å². The van der Waals surface area contributed by atoms with Gasteiger partial charge in [-0.2, -0.15) is 4.98 Å². The van der Waals surface area contributed by atoms with Gasteiger partial charge in [-0.3, -0.25) is 23.4 Å². The smallest absolute Gasteiger partial charge is 0.394 e. The van der Waals surface area contributed by atoms with Gasteiger partial charge in [0.2, 0.25) is 5.95 Å². The molecule has 4 aromatic heterocycles. The summed E-state index contributed by atoms with van der Waals surface area (Å²) in [5.74, 6) is 0.0158. The number of hydrogen-bond acceptors (Lipinski definition) is 14. The van der Waals surface area contributed by atoms with Crippen molar-refractivity contribution < 1.29 is 33.5 Å². The van der Waals surface area contributed by atoms with Crippen LogP contribution in [0.4, 0.5) is 11.8 Å². The Hall–Kier alpha value is -3.51. The summed E-state index contributed by atoms with van der Waals surface area (Å²) < 4.78 is 32.5. The lowest BCUT2D eigenvalue weighted by Crippen LogP contribution is -2.35. The Morgan fingerprint density at radius 2 is 1.90 bits per heavy atom. The Morgan fingerprint density at radius 1 is 1.12 bits per heavy atom. The van der Waals surface area contributed by atoms with E-state index < -0.39 is 44.5 Å². The fraction of sp³-hybridized carbons (Fsp3) is 0.524. The van der Waals surface area contributed by atoms with Crippen LogP contribution in [0.3, 0.4) is 0 Å². The van der Waals surface area contributed by atoms with Crippen LogP contribution >= 0.6 is 7.82 Å². The third kappa shape index (κ3) is 4.72. The van der Waals surface area contributed by atoms with Crippen molar-refractivity contribution in [3.63, 3.8) is 0 Å². The normalized spacial score (nSPS) is 28.5. The Bertz CT molecular complexity index is 1660. The molecule has 2 fully saturated rings. The molecule has 19 heteroatoms. The van der Waals surface area contributed by atoms with Crippen LogP contribution in [-0.4, -0.2) is 85.7 Å². The lowest BCUT2D eigenvalue weighted by Gasteiger charge is -2.24. The van der Waals surface area contributed by atoms with E-state index in [1.807, 2.05) is 4.57 Å². The molecule has 40 heavy (non-hydrogen) atoms. The van der Waals surface area contributed by atoms with Crippen LogP contribution in [0.2, 0.25) is 0 Å². The molecule has 4 aromatic rings. The van der Waals surface area contributed by atoms with Crippen molar-refractivity contribution in [3.05, 3.63) is 29.3 Å². The van der Waals surface area contributed by atoms with E-state index in [2.05, 4.69) is 29.9 Å². The molecule has 0 bridgehead atoms. The number of rotatable bonds is 8. The van der Waals surface area contributed by atoms with Crippen LogP contribution in [-0.2, 0) is 18.3 Å². The van der Waals surface area contributed by atoms with Gasteiger partial charge in [-0.15, -0.1) is 0 Å². The van der Waals surface area contributed by atoms with E-state index in [-0.39, 0.29) is 41.5 Å². The molecule has 7 atom stereocenters. The number of nitrogens with zero attached hydrogens (tertiary/aromatic N) is 7. The number of nitrogen functional groups attached to an aromatic ring is 2. The fourth-order valence-electron chi connectivity index (χ4n) is 5.31. The number of nitrogens with two attached hydrogens (primary N) is 2. The zero-order valence-corrected chi connectivity index (χ0v) is 21.7. The van der Waals surface area contributed by atoms with E-state index in [9.17, 15) is 24.5 Å². The van der Waals surface area contributed by atoms with Crippen LogP contribution < -0.4 is 17.0 Å². The zero-order chi connectivity index (χ0) is 28.2. The summed E-state index contributed by atoms with van der Waals surface area (Å²) >= 11 is 0. The van der Waals surface area contributed by atoms with Crippen LogP contribution in [0.1, 0.15) is 31.5 Å². The number of ether oxygens (including phenoxy) is 1. The zero-order valence-electron chi connectivity index (χ0n) is 20.8. The van der Waals surface area contributed by atoms with Crippen molar-refractivity contribution in [2.75, 3.05) is 24.7 Å². The molecule has 2 aliphatic rings. The average molecular weight is 578 g/mol. The Labute approximate surface area is 224 Å². The van der Waals surface area contributed by atoms with Crippen molar-refractivity contribution in [2.24, 2.45) is 5.92 Å². The minimum Gasteiger partial charge on any atom is -0.394 e. The molecular formula is C21H27N10O8P. The molecule has 1 aliphatic carbocycles. The van der Waals surface area contributed by atoms with E-state index in [1.165, 1.54) is 17.2 Å². The van der Waals surface area contributed by atoms with Gasteiger partial charge >= 0.3 is 7.82 Å². The van der Waals surface area contributed by atoms with E-state index in [4.69, 9.17) is 25.3 Å². The number of imidazole rings is 2. The minimum absolute atomic E-state index is 0.00428. The third-order valence-electron chi connectivity index (χ3n) is 7.24. The number of anilines is 2. The molecule has 1 saturated heterocycles. The number of aromatic amines is 1. The van der Waals surface area contributed by atoms with E-state index in [1.54, 1.807) is 6.33 Å². The summed E-state index contributed by atoms with van der Waals surface area (Å²) in [6.45, 7) is -0.701. The van der Waals surface area contributed by atoms with E-state index in [0.717, 1.165) is 6.42 Å². The first-order valence-corrected chi connectivity index (χ1v) is 13.9. The van der Waals surface area contributed by atoms with Crippen molar-refractivity contribution in [3.8, 4) is 0 Å².